The van der Waals surface area contributed by atoms with Crippen LogP contribution >= 0.6 is 0 Å². The summed E-state index contributed by atoms with van der Waals surface area (Å²) in [4.78, 5) is 40.4. The van der Waals surface area contributed by atoms with Crippen LogP contribution in [0.1, 0.15) is 106 Å². The van der Waals surface area contributed by atoms with E-state index in [0.717, 1.165) is 0 Å². The zero-order chi connectivity index (χ0) is 29.4. The number of rotatable bonds is 3. The Hall–Kier alpha value is -2.99. The fourth-order valence-corrected chi connectivity index (χ4v) is 6.62. The summed E-state index contributed by atoms with van der Waals surface area (Å²) in [6.07, 6.45) is -3.61. The average Bonchev–Trinajstić information content (AvgIpc) is 2.90. The highest BCUT2D eigenvalue weighted by atomic mass is 16.7. The number of carbonyl (C=O) groups is 3. The summed E-state index contributed by atoms with van der Waals surface area (Å²) in [5.41, 5.74) is -0.417. The van der Waals surface area contributed by atoms with Crippen molar-refractivity contribution in [2.45, 2.75) is 101 Å². The summed E-state index contributed by atoms with van der Waals surface area (Å²) in [6, 6.07) is 6.03. The molecule has 0 saturated carbocycles. The van der Waals surface area contributed by atoms with Crippen molar-refractivity contribution in [2.24, 2.45) is 0 Å². The lowest BCUT2D eigenvalue weighted by atomic mass is 9.73. The zero-order valence-corrected chi connectivity index (χ0v) is 23.1. The van der Waals surface area contributed by atoms with Crippen LogP contribution in [0, 0.1) is 0 Å². The molecule has 0 aromatic heterocycles. The molecule has 0 spiro atoms. The molecule has 2 saturated heterocycles. The molecular formula is C31H34O10. The van der Waals surface area contributed by atoms with Gasteiger partial charge in [-0.05, 0) is 44.9 Å². The number of aliphatic hydroxyl groups excluding tert-OH is 2. The van der Waals surface area contributed by atoms with Crippen LogP contribution in [0.25, 0.3) is 0 Å². The van der Waals surface area contributed by atoms with Crippen LogP contribution in [0.15, 0.2) is 24.3 Å². The van der Waals surface area contributed by atoms with E-state index in [-0.39, 0.29) is 52.6 Å². The number of benzene rings is 2. The highest BCUT2D eigenvalue weighted by Crippen LogP contribution is 2.44. The number of aromatic hydroxyl groups is 1. The molecule has 10 nitrogen and oxygen atoms in total. The molecule has 0 unspecified atom stereocenters. The van der Waals surface area contributed by atoms with Gasteiger partial charge in [-0.1, -0.05) is 12.1 Å². The second-order valence-electron chi connectivity index (χ2n) is 12.0. The lowest BCUT2D eigenvalue weighted by Crippen LogP contribution is -2.48. The zero-order valence-electron chi connectivity index (χ0n) is 23.1. The Morgan fingerprint density at radius 1 is 0.878 bits per heavy atom. The van der Waals surface area contributed by atoms with E-state index in [2.05, 4.69) is 0 Å². The van der Waals surface area contributed by atoms with E-state index in [1.807, 2.05) is 0 Å². The Balaban J connectivity index is 1.32. The number of phenols is 1. The molecule has 218 valence electrons. The molecule has 2 aliphatic carbocycles. The second kappa shape index (κ2) is 10.1. The van der Waals surface area contributed by atoms with Gasteiger partial charge >= 0.3 is 0 Å². The molecule has 2 fully saturated rings. The first kappa shape index (κ1) is 28.1. The Kier molecular flexibility index (Phi) is 6.92. The van der Waals surface area contributed by atoms with Gasteiger partial charge in [0.2, 0.25) is 0 Å². The average molecular weight is 567 g/mol. The first-order valence-corrected chi connectivity index (χ1v) is 14.1. The first-order chi connectivity index (χ1) is 19.4. The summed E-state index contributed by atoms with van der Waals surface area (Å²) in [5.74, 6) is -1.92. The minimum absolute atomic E-state index is 0.0119. The Morgan fingerprint density at radius 2 is 1.56 bits per heavy atom. The number of ketones is 3. The highest BCUT2D eigenvalue weighted by Gasteiger charge is 2.44. The molecule has 41 heavy (non-hydrogen) atoms. The molecule has 8 atom stereocenters. The van der Waals surface area contributed by atoms with E-state index >= 15 is 0 Å². The van der Waals surface area contributed by atoms with Crippen LogP contribution in [0.5, 0.6) is 5.75 Å². The molecule has 0 bridgehead atoms. The van der Waals surface area contributed by atoms with Crippen LogP contribution in [0.3, 0.4) is 0 Å². The van der Waals surface area contributed by atoms with Gasteiger partial charge in [0.1, 0.15) is 11.9 Å². The molecule has 2 aromatic carbocycles. The van der Waals surface area contributed by atoms with Crippen LogP contribution in [-0.2, 0) is 20.6 Å². The van der Waals surface area contributed by atoms with Gasteiger partial charge in [0.15, 0.2) is 23.6 Å². The molecule has 4 N–H and O–H groups in total. The molecule has 10 heteroatoms. The van der Waals surface area contributed by atoms with Crippen molar-refractivity contribution in [1.29, 1.82) is 0 Å². The van der Waals surface area contributed by atoms with Gasteiger partial charge in [0, 0.05) is 53.5 Å². The number of hydrogen-bond acceptors (Lipinski definition) is 10. The quantitative estimate of drug-likeness (QED) is 0.371. The van der Waals surface area contributed by atoms with Crippen LogP contribution < -0.4 is 0 Å². The van der Waals surface area contributed by atoms with Gasteiger partial charge in [-0.15, -0.1) is 0 Å². The van der Waals surface area contributed by atoms with E-state index in [1.54, 1.807) is 26.8 Å². The Morgan fingerprint density at radius 3 is 2.29 bits per heavy atom. The molecule has 2 aromatic rings. The minimum atomic E-state index is -1.24. The monoisotopic (exact) mass is 566 g/mol. The smallest absolute Gasteiger partial charge is 0.198 e. The van der Waals surface area contributed by atoms with Crippen molar-refractivity contribution in [3.05, 3.63) is 63.2 Å². The number of fused-ring (bicyclic) bond motifs is 4. The standard InChI is InChI=1S/C31H34O10/c1-13-19(32)8-9-23(40-13)41-22-10-21(39-14(2)27(22)34)16-6-7-18-26(28(16)35)30(37)17-5-4-15-11-31(3,38)12-20(33)24(15)25(17)29(18)36/h4-7,13-14,19,21-23,27,32,34-35,38H,8-12H2,1-3H3/t13-,14+,19-,21+,22+,23-,27+,31+/m0/s1. The van der Waals surface area contributed by atoms with E-state index in [0.29, 0.717) is 18.4 Å². The molecule has 2 aliphatic heterocycles. The first-order valence-electron chi connectivity index (χ1n) is 14.1. The van der Waals surface area contributed by atoms with Crippen molar-refractivity contribution < 1.29 is 49.0 Å². The van der Waals surface area contributed by atoms with Crippen LogP contribution in [0.2, 0.25) is 0 Å². The number of aliphatic hydroxyl groups is 3. The van der Waals surface area contributed by atoms with Gasteiger partial charge in [-0.2, -0.15) is 0 Å². The third-order valence-corrected chi connectivity index (χ3v) is 8.80. The maximum atomic E-state index is 13.7. The van der Waals surface area contributed by atoms with Crippen LogP contribution in [0.4, 0.5) is 0 Å². The van der Waals surface area contributed by atoms with Gasteiger partial charge in [-0.25, -0.2) is 0 Å². The van der Waals surface area contributed by atoms with Gasteiger partial charge in [0.25, 0.3) is 0 Å². The van der Waals surface area contributed by atoms with E-state index in [1.165, 1.54) is 18.2 Å². The lowest BCUT2D eigenvalue weighted by Gasteiger charge is -2.41. The Labute approximate surface area is 236 Å². The largest absolute Gasteiger partial charge is 0.507 e. The predicted octanol–water partition coefficient (Wildman–Crippen LogP) is 2.53. The predicted molar refractivity (Wildman–Crippen MR) is 143 cm³/mol. The second-order valence-corrected chi connectivity index (χ2v) is 12.0. The maximum absolute atomic E-state index is 13.7. The summed E-state index contributed by atoms with van der Waals surface area (Å²) >= 11 is 0. The normalized spacial score (nSPS) is 35.1. The SMILES string of the molecule is C[C@@H]1O[C@@H](O[C@@H]2C[C@H](c3ccc4c(c3O)C(=O)c3ccc5c(c3C4=O)C(=O)C[C@](C)(O)C5)O[C@H](C)[C@H]2O)CC[C@@H]1O. The maximum Gasteiger partial charge on any atom is 0.198 e. The van der Waals surface area contributed by atoms with Crippen LogP contribution in [-0.4, -0.2) is 80.2 Å². The molecular weight excluding hydrogens is 532 g/mol. The Bertz CT molecular complexity index is 1440. The molecule has 0 radical (unpaired) electrons. The summed E-state index contributed by atoms with van der Waals surface area (Å²) in [5, 5.41) is 42.6. The third kappa shape index (κ3) is 4.72. The molecule has 4 aliphatic rings. The highest BCUT2D eigenvalue weighted by molar-refractivity contribution is 6.32. The number of ether oxygens (including phenoxy) is 3. The topological polar surface area (TPSA) is 160 Å². The van der Waals surface area contributed by atoms with Crippen molar-refractivity contribution in [3.63, 3.8) is 0 Å². The fraction of sp³-hybridized carbons (Fsp3) is 0.516. The van der Waals surface area contributed by atoms with Crippen molar-refractivity contribution in [1.82, 2.24) is 0 Å². The molecule has 0 amide bonds. The lowest BCUT2D eigenvalue weighted by molar-refractivity contribution is -0.272. The molecule has 6 rings (SSSR count). The van der Waals surface area contributed by atoms with Crippen molar-refractivity contribution in [2.75, 3.05) is 0 Å². The van der Waals surface area contributed by atoms with Gasteiger partial charge in [0.05, 0.1) is 41.7 Å². The number of hydrogen-bond donors (Lipinski definition) is 4. The number of carbonyl (C=O) groups excluding carboxylic acids is 3. The summed E-state index contributed by atoms with van der Waals surface area (Å²) < 4.78 is 17.9. The van der Waals surface area contributed by atoms with Crippen molar-refractivity contribution >= 4 is 17.3 Å². The van der Waals surface area contributed by atoms with Gasteiger partial charge in [-0.3, -0.25) is 14.4 Å². The van der Waals surface area contributed by atoms with E-state index in [4.69, 9.17) is 14.2 Å². The number of phenolic OH excluding ortho intramolecular Hbond substituents is 1. The minimum Gasteiger partial charge on any atom is -0.507 e. The van der Waals surface area contributed by atoms with E-state index < -0.39 is 71.6 Å². The van der Waals surface area contributed by atoms with Crippen molar-refractivity contribution in [3.8, 4) is 5.75 Å². The fourth-order valence-electron chi connectivity index (χ4n) is 6.62. The summed E-state index contributed by atoms with van der Waals surface area (Å²) in [6.45, 7) is 4.99. The summed E-state index contributed by atoms with van der Waals surface area (Å²) in [7, 11) is 0. The molecule has 2 heterocycles. The number of Topliss-reactive ketones (excluding diaryl/α,β-unsaturated/α-hetero) is 1. The van der Waals surface area contributed by atoms with E-state index in [9.17, 15) is 34.8 Å². The van der Waals surface area contributed by atoms with Gasteiger partial charge < -0.3 is 34.6 Å². The third-order valence-electron chi connectivity index (χ3n) is 8.80.